The van der Waals surface area contributed by atoms with E-state index in [9.17, 15) is 5.26 Å². The molecule has 1 heterocycles. The van der Waals surface area contributed by atoms with E-state index in [-0.39, 0.29) is 0 Å². The Morgan fingerprint density at radius 3 is 2.62 bits per heavy atom. The summed E-state index contributed by atoms with van der Waals surface area (Å²) in [4.78, 5) is 3.22. The number of aryl methyl sites for hydroxylation is 1. The number of nitrogens with one attached hydrogen (secondary N) is 1. The standard InChI is InChI=1S/C16H12Cl2N2S/c17-12-6-5-9(7-13(12)18)15-10-3-1-2-4-14(10)20-16(21)11(15)8-19/h5-7H,1-4H2,(H,20,21). The summed E-state index contributed by atoms with van der Waals surface area (Å²) in [5, 5.41) is 10.5. The van der Waals surface area contributed by atoms with Gasteiger partial charge in [0.2, 0.25) is 0 Å². The third-order valence-corrected chi connectivity index (χ3v) is 4.88. The largest absolute Gasteiger partial charge is 0.349 e. The molecule has 0 fully saturated rings. The van der Waals surface area contributed by atoms with Crippen LogP contribution < -0.4 is 0 Å². The maximum atomic E-state index is 9.49. The summed E-state index contributed by atoms with van der Waals surface area (Å²) in [5.74, 6) is 0. The molecule has 2 aromatic rings. The van der Waals surface area contributed by atoms with E-state index < -0.39 is 0 Å². The molecule has 1 aliphatic carbocycles. The zero-order chi connectivity index (χ0) is 15.0. The van der Waals surface area contributed by atoms with Gasteiger partial charge in [0.1, 0.15) is 10.7 Å². The molecule has 1 aliphatic rings. The minimum Gasteiger partial charge on any atom is -0.349 e. The van der Waals surface area contributed by atoms with E-state index >= 15 is 0 Å². The number of hydrogen-bond acceptors (Lipinski definition) is 2. The third kappa shape index (κ3) is 2.60. The quantitative estimate of drug-likeness (QED) is 0.702. The number of halogens is 2. The van der Waals surface area contributed by atoms with E-state index in [1.54, 1.807) is 6.07 Å². The molecule has 21 heavy (non-hydrogen) atoms. The van der Waals surface area contributed by atoms with Crippen molar-refractivity contribution >= 4 is 35.4 Å². The van der Waals surface area contributed by atoms with Gasteiger partial charge in [-0.2, -0.15) is 5.26 Å². The second-order valence-electron chi connectivity index (χ2n) is 5.11. The monoisotopic (exact) mass is 334 g/mol. The lowest BCUT2D eigenvalue weighted by Gasteiger charge is -2.21. The summed E-state index contributed by atoms with van der Waals surface area (Å²) >= 11 is 17.5. The van der Waals surface area contributed by atoms with Crippen LogP contribution in [0.4, 0.5) is 0 Å². The van der Waals surface area contributed by atoms with Gasteiger partial charge in [-0.1, -0.05) is 41.5 Å². The molecule has 0 aliphatic heterocycles. The van der Waals surface area contributed by atoms with Crippen molar-refractivity contribution < 1.29 is 0 Å². The van der Waals surface area contributed by atoms with Crippen LogP contribution in [0.5, 0.6) is 0 Å². The first-order valence-electron chi connectivity index (χ1n) is 6.75. The number of nitriles is 1. The second kappa shape index (κ2) is 5.81. The minimum atomic E-state index is 0.487. The van der Waals surface area contributed by atoms with Crippen LogP contribution in [-0.2, 0) is 12.8 Å². The lowest BCUT2D eigenvalue weighted by molar-refractivity contribution is 0.668. The number of pyridine rings is 1. The Hall–Kier alpha value is -1.34. The maximum Gasteiger partial charge on any atom is 0.122 e. The fourth-order valence-electron chi connectivity index (χ4n) is 2.86. The van der Waals surface area contributed by atoms with E-state index in [1.807, 2.05) is 12.1 Å². The van der Waals surface area contributed by atoms with E-state index in [2.05, 4.69) is 11.1 Å². The first-order chi connectivity index (χ1) is 10.1. The highest BCUT2D eigenvalue weighted by atomic mass is 35.5. The molecule has 0 unspecified atom stereocenters. The van der Waals surface area contributed by atoms with Crippen LogP contribution in [-0.4, -0.2) is 4.98 Å². The molecule has 0 radical (unpaired) electrons. The summed E-state index contributed by atoms with van der Waals surface area (Å²) < 4.78 is 0.499. The molecule has 5 heteroatoms. The number of benzene rings is 1. The van der Waals surface area contributed by atoms with Crippen molar-refractivity contribution in [1.82, 2.24) is 4.98 Å². The average Bonchev–Trinajstić information content (AvgIpc) is 2.48. The van der Waals surface area contributed by atoms with Gasteiger partial charge in [-0.15, -0.1) is 0 Å². The Morgan fingerprint density at radius 1 is 1.14 bits per heavy atom. The van der Waals surface area contributed by atoms with E-state index in [0.29, 0.717) is 20.2 Å². The number of H-pyrrole nitrogens is 1. The highest BCUT2D eigenvalue weighted by Crippen LogP contribution is 2.36. The summed E-state index contributed by atoms with van der Waals surface area (Å²) in [5.41, 5.74) is 4.66. The Bertz CT molecular complexity index is 818. The van der Waals surface area contributed by atoms with Crippen molar-refractivity contribution in [2.75, 3.05) is 0 Å². The SMILES string of the molecule is N#Cc1c(-c2ccc(Cl)c(Cl)c2)c2c([nH]c1=S)CCCC2. The number of rotatable bonds is 1. The first kappa shape index (κ1) is 14.6. The molecular weight excluding hydrogens is 323 g/mol. The Balaban J connectivity index is 2.34. The molecule has 1 aromatic carbocycles. The van der Waals surface area contributed by atoms with Crippen LogP contribution in [0.1, 0.15) is 29.7 Å². The first-order valence-corrected chi connectivity index (χ1v) is 7.92. The lowest BCUT2D eigenvalue weighted by Crippen LogP contribution is -2.09. The molecule has 0 atom stereocenters. The summed E-state index contributed by atoms with van der Waals surface area (Å²) in [6, 6.07) is 7.70. The van der Waals surface area contributed by atoms with E-state index in [4.69, 9.17) is 35.4 Å². The van der Waals surface area contributed by atoms with Crippen molar-refractivity contribution in [3.63, 3.8) is 0 Å². The Kier molecular flexibility index (Phi) is 4.03. The summed E-state index contributed by atoms with van der Waals surface area (Å²) in [6.07, 6.45) is 4.19. The number of nitrogens with zero attached hydrogens (tertiary/aromatic N) is 1. The number of aromatic nitrogens is 1. The van der Waals surface area contributed by atoms with E-state index in [0.717, 1.165) is 42.5 Å². The van der Waals surface area contributed by atoms with Crippen molar-refractivity contribution in [3.05, 3.63) is 49.7 Å². The van der Waals surface area contributed by atoms with Crippen molar-refractivity contribution in [1.29, 1.82) is 5.26 Å². The smallest absolute Gasteiger partial charge is 0.122 e. The number of fused-ring (bicyclic) bond motifs is 1. The average molecular weight is 335 g/mol. The summed E-state index contributed by atoms with van der Waals surface area (Å²) in [7, 11) is 0. The second-order valence-corrected chi connectivity index (χ2v) is 6.33. The molecular formula is C16H12Cl2N2S. The molecule has 0 saturated heterocycles. The van der Waals surface area contributed by atoms with E-state index in [1.165, 1.54) is 5.56 Å². The molecule has 2 nitrogen and oxygen atoms in total. The van der Waals surface area contributed by atoms with Crippen LogP contribution >= 0.6 is 35.4 Å². The predicted molar refractivity (Wildman–Crippen MR) is 88.4 cm³/mol. The van der Waals surface area contributed by atoms with Gasteiger partial charge < -0.3 is 4.98 Å². The van der Waals surface area contributed by atoms with Gasteiger partial charge in [0.25, 0.3) is 0 Å². The van der Waals surface area contributed by atoms with Gasteiger partial charge in [0.15, 0.2) is 0 Å². The van der Waals surface area contributed by atoms with Gasteiger partial charge in [0, 0.05) is 11.3 Å². The van der Waals surface area contributed by atoms with Gasteiger partial charge in [-0.25, -0.2) is 0 Å². The predicted octanol–water partition coefficient (Wildman–Crippen LogP) is 5.47. The molecule has 0 saturated carbocycles. The number of aromatic amines is 1. The molecule has 0 amide bonds. The maximum absolute atomic E-state index is 9.49. The van der Waals surface area contributed by atoms with Crippen LogP contribution in [0, 0.1) is 16.0 Å². The fourth-order valence-corrected chi connectivity index (χ4v) is 3.43. The molecule has 0 bridgehead atoms. The Morgan fingerprint density at radius 2 is 1.90 bits per heavy atom. The molecule has 3 rings (SSSR count). The van der Waals surface area contributed by atoms with Gasteiger partial charge in [-0.3, -0.25) is 0 Å². The van der Waals surface area contributed by atoms with Gasteiger partial charge in [-0.05, 0) is 48.9 Å². The lowest BCUT2D eigenvalue weighted by atomic mass is 9.87. The zero-order valence-electron chi connectivity index (χ0n) is 11.2. The zero-order valence-corrected chi connectivity index (χ0v) is 13.5. The fraction of sp³-hybridized carbons (Fsp3) is 0.250. The van der Waals surface area contributed by atoms with Crippen LogP contribution in [0.15, 0.2) is 18.2 Å². The molecule has 1 aromatic heterocycles. The number of hydrogen-bond donors (Lipinski definition) is 1. The highest BCUT2D eigenvalue weighted by molar-refractivity contribution is 7.71. The normalized spacial score (nSPS) is 13.6. The minimum absolute atomic E-state index is 0.487. The molecule has 0 spiro atoms. The summed E-state index contributed by atoms with van der Waals surface area (Å²) in [6.45, 7) is 0. The highest BCUT2D eigenvalue weighted by Gasteiger charge is 2.20. The van der Waals surface area contributed by atoms with Crippen molar-refractivity contribution in [2.24, 2.45) is 0 Å². The van der Waals surface area contributed by atoms with Gasteiger partial charge in [0.05, 0.1) is 15.6 Å². The van der Waals surface area contributed by atoms with Crippen molar-refractivity contribution in [2.45, 2.75) is 25.7 Å². The van der Waals surface area contributed by atoms with Crippen LogP contribution in [0.25, 0.3) is 11.1 Å². The van der Waals surface area contributed by atoms with Gasteiger partial charge >= 0.3 is 0 Å². The third-order valence-electron chi connectivity index (χ3n) is 3.83. The molecule has 106 valence electrons. The van der Waals surface area contributed by atoms with Crippen LogP contribution in [0.3, 0.4) is 0 Å². The Labute approximate surface area is 138 Å². The van der Waals surface area contributed by atoms with Crippen LogP contribution in [0.2, 0.25) is 10.0 Å². The van der Waals surface area contributed by atoms with Crippen molar-refractivity contribution in [3.8, 4) is 17.2 Å². The molecule has 1 N–H and O–H groups in total. The topological polar surface area (TPSA) is 39.6 Å².